The monoisotopic (exact) mass is 356 g/mol. The fourth-order valence-electron chi connectivity index (χ4n) is 1.99. The lowest BCUT2D eigenvalue weighted by Gasteiger charge is -2.15. The molecule has 1 aromatic carbocycles. The van der Waals surface area contributed by atoms with Crippen LogP contribution in [0.2, 0.25) is 0 Å². The van der Waals surface area contributed by atoms with Gasteiger partial charge in [-0.2, -0.15) is 0 Å². The number of nitrogens with zero attached hydrogens (tertiary/aromatic N) is 1. The van der Waals surface area contributed by atoms with E-state index in [1.165, 1.54) is 9.80 Å². The summed E-state index contributed by atoms with van der Waals surface area (Å²) in [5, 5.41) is 2.68. The zero-order valence-electron chi connectivity index (χ0n) is 11.5. The largest absolute Gasteiger partial charge is 0.325 e. The van der Waals surface area contributed by atoms with Crippen molar-refractivity contribution in [2.75, 3.05) is 12.3 Å². The first-order chi connectivity index (χ1) is 9.40. The summed E-state index contributed by atoms with van der Waals surface area (Å²) in [5.74, 6) is 0.725. The van der Waals surface area contributed by atoms with E-state index in [1.807, 2.05) is 18.2 Å². The highest BCUT2D eigenvalue weighted by Gasteiger charge is 2.43. The highest BCUT2D eigenvalue weighted by atomic mass is 79.9. The molecule has 0 radical (unpaired) electrons. The molecule has 0 aromatic heterocycles. The van der Waals surface area contributed by atoms with Gasteiger partial charge in [0.1, 0.15) is 5.54 Å². The minimum Gasteiger partial charge on any atom is -0.324 e. The molecule has 6 heteroatoms. The fraction of sp³-hybridized carbons (Fsp3) is 0.429. The summed E-state index contributed by atoms with van der Waals surface area (Å²) in [5.41, 5.74) is -0.769. The van der Waals surface area contributed by atoms with Crippen LogP contribution in [0.5, 0.6) is 0 Å². The van der Waals surface area contributed by atoms with Crippen molar-refractivity contribution < 1.29 is 9.59 Å². The van der Waals surface area contributed by atoms with Gasteiger partial charge >= 0.3 is 6.03 Å². The summed E-state index contributed by atoms with van der Waals surface area (Å²) >= 11 is 5.15. The average molecular weight is 357 g/mol. The Labute approximate surface area is 131 Å². The number of carbonyl (C=O) groups is 2. The van der Waals surface area contributed by atoms with Gasteiger partial charge in [-0.3, -0.25) is 9.69 Å². The molecule has 1 aromatic rings. The van der Waals surface area contributed by atoms with Gasteiger partial charge in [-0.25, -0.2) is 4.79 Å². The van der Waals surface area contributed by atoms with Gasteiger partial charge in [0.25, 0.3) is 5.91 Å². The van der Waals surface area contributed by atoms with Gasteiger partial charge in [0.05, 0.1) is 0 Å². The summed E-state index contributed by atoms with van der Waals surface area (Å²) < 4.78 is 1.05. The van der Waals surface area contributed by atoms with Crippen molar-refractivity contribution in [3.8, 4) is 0 Å². The number of carbonyl (C=O) groups excluding carboxylic acids is 2. The highest BCUT2D eigenvalue weighted by molar-refractivity contribution is 9.10. The van der Waals surface area contributed by atoms with Crippen LogP contribution in [-0.2, 0) is 4.79 Å². The maximum Gasteiger partial charge on any atom is 0.325 e. The quantitative estimate of drug-likeness (QED) is 0.500. The van der Waals surface area contributed by atoms with Gasteiger partial charge in [-0.1, -0.05) is 22.0 Å². The fourth-order valence-corrected chi connectivity index (χ4v) is 3.44. The molecule has 2 rings (SSSR count). The second-order valence-corrected chi connectivity index (χ2v) is 7.26. The zero-order chi connectivity index (χ0) is 14.8. The molecule has 4 nitrogen and oxygen atoms in total. The van der Waals surface area contributed by atoms with Gasteiger partial charge in [-0.05, 0) is 44.2 Å². The third-order valence-corrected chi connectivity index (χ3v) is 4.61. The van der Waals surface area contributed by atoms with Crippen molar-refractivity contribution in [3.63, 3.8) is 0 Å². The smallest absolute Gasteiger partial charge is 0.324 e. The molecule has 20 heavy (non-hydrogen) atoms. The number of hydrogen-bond acceptors (Lipinski definition) is 3. The van der Waals surface area contributed by atoms with Gasteiger partial charge in [0.2, 0.25) is 0 Å². The van der Waals surface area contributed by atoms with Crippen LogP contribution in [-0.4, -0.2) is 34.7 Å². The van der Waals surface area contributed by atoms with E-state index < -0.39 is 5.54 Å². The zero-order valence-corrected chi connectivity index (χ0v) is 13.9. The molecule has 0 spiro atoms. The molecule has 0 aliphatic carbocycles. The van der Waals surface area contributed by atoms with Crippen molar-refractivity contribution in [2.45, 2.75) is 30.7 Å². The summed E-state index contributed by atoms with van der Waals surface area (Å²) in [6, 6.07) is 7.80. The minimum absolute atomic E-state index is 0.144. The molecule has 108 valence electrons. The molecule has 1 N–H and O–H groups in total. The number of rotatable bonds is 5. The summed E-state index contributed by atoms with van der Waals surface area (Å²) in [7, 11) is 0. The lowest BCUT2D eigenvalue weighted by atomic mass is 10.1. The number of imide groups is 1. The molecule has 1 heterocycles. The Morgan fingerprint density at radius 3 is 2.70 bits per heavy atom. The predicted molar refractivity (Wildman–Crippen MR) is 83.8 cm³/mol. The topological polar surface area (TPSA) is 49.4 Å². The molecule has 1 aliphatic rings. The highest BCUT2D eigenvalue weighted by Crippen LogP contribution is 2.23. The van der Waals surface area contributed by atoms with Crippen molar-refractivity contribution in [1.82, 2.24) is 10.2 Å². The lowest BCUT2D eigenvalue weighted by Crippen LogP contribution is -2.40. The Hall–Kier alpha value is -1.01. The average Bonchev–Trinajstić information content (AvgIpc) is 2.56. The second kappa shape index (κ2) is 6.18. The molecule has 0 saturated carbocycles. The van der Waals surface area contributed by atoms with Crippen LogP contribution in [0, 0.1) is 0 Å². The number of urea groups is 1. The first-order valence-corrected chi connectivity index (χ1v) is 8.20. The summed E-state index contributed by atoms with van der Waals surface area (Å²) in [4.78, 5) is 26.2. The van der Waals surface area contributed by atoms with Crippen LogP contribution in [0.25, 0.3) is 0 Å². The van der Waals surface area contributed by atoms with E-state index in [9.17, 15) is 9.59 Å². The molecule has 0 atom stereocenters. The Balaban J connectivity index is 1.79. The minimum atomic E-state index is -0.769. The van der Waals surface area contributed by atoms with Crippen LogP contribution in [0.1, 0.15) is 20.3 Å². The molecule has 0 bridgehead atoms. The van der Waals surface area contributed by atoms with Crippen LogP contribution in [0.3, 0.4) is 0 Å². The van der Waals surface area contributed by atoms with Gasteiger partial charge in [0.15, 0.2) is 0 Å². The molecule has 1 fully saturated rings. The standard InChI is InChI=1S/C14H17BrN2O2S/c1-14(2)12(18)17(13(19)16-14)7-4-8-20-11-6-3-5-10(15)9-11/h3,5-6,9H,4,7-8H2,1-2H3,(H,16,19). The van der Waals surface area contributed by atoms with Gasteiger partial charge < -0.3 is 5.32 Å². The SMILES string of the molecule is CC1(C)NC(=O)N(CCCSc2cccc(Br)c2)C1=O. The van der Waals surface area contributed by atoms with Gasteiger partial charge in [0, 0.05) is 15.9 Å². The Kier molecular flexibility index (Phi) is 4.75. The predicted octanol–water partition coefficient (Wildman–Crippen LogP) is 3.26. The lowest BCUT2D eigenvalue weighted by molar-refractivity contribution is -0.130. The molecule has 3 amide bonds. The maximum absolute atomic E-state index is 12.0. The van der Waals surface area contributed by atoms with Gasteiger partial charge in [-0.15, -0.1) is 11.8 Å². The van der Waals surface area contributed by atoms with E-state index >= 15 is 0 Å². The van der Waals surface area contributed by atoms with E-state index in [0.29, 0.717) is 6.54 Å². The molecule has 1 aliphatic heterocycles. The molecular formula is C14H17BrN2O2S. The number of thioether (sulfide) groups is 1. The Morgan fingerprint density at radius 2 is 2.10 bits per heavy atom. The maximum atomic E-state index is 12.0. The molecular weight excluding hydrogens is 340 g/mol. The van der Waals surface area contributed by atoms with Crippen molar-refractivity contribution >= 4 is 39.6 Å². The van der Waals surface area contributed by atoms with Crippen molar-refractivity contribution in [2.24, 2.45) is 0 Å². The summed E-state index contributed by atoms with van der Waals surface area (Å²) in [6.07, 6.45) is 0.784. The molecule has 0 unspecified atom stereocenters. The van der Waals surface area contributed by atoms with E-state index in [-0.39, 0.29) is 11.9 Å². The van der Waals surface area contributed by atoms with E-state index in [1.54, 1.807) is 25.6 Å². The van der Waals surface area contributed by atoms with Crippen LogP contribution in [0.15, 0.2) is 33.6 Å². The normalized spacial score (nSPS) is 17.4. The molecule has 1 saturated heterocycles. The third kappa shape index (κ3) is 3.55. The first-order valence-electron chi connectivity index (χ1n) is 6.42. The Bertz CT molecular complexity index is 534. The van der Waals surface area contributed by atoms with Crippen molar-refractivity contribution in [1.29, 1.82) is 0 Å². The summed E-state index contributed by atoms with van der Waals surface area (Å²) in [6.45, 7) is 3.92. The number of benzene rings is 1. The van der Waals surface area contributed by atoms with E-state index in [0.717, 1.165) is 16.6 Å². The van der Waals surface area contributed by atoms with Crippen LogP contribution in [0.4, 0.5) is 4.79 Å². The van der Waals surface area contributed by atoms with E-state index in [4.69, 9.17) is 0 Å². The number of hydrogen-bond donors (Lipinski definition) is 1. The number of amides is 3. The number of nitrogens with one attached hydrogen (secondary N) is 1. The first kappa shape index (κ1) is 15.4. The van der Waals surface area contributed by atoms with Crippen molar-refractivity contribution in [3.05, 3.63) is 28.7 Å². The Morgan fingerprint density at radius 1 is 1.35 bits per heavy atom. The third-order valence-electron chi connectivity index (χ3n) is 3.04. The second-order valence-electron chi connectivity index (χ2n) is 5.17. The van der Waals surface area contributed by atoms with E-state index in [2.05, 4.69) is 27.3 Å². The van der Waals surface area contributed by atoms with Crippen LogP contribution < -0.4 is 5.32 Å². The van der Waals surface area contributed by atoms with Crippen LogP contribution >= 0.6 is 27.7 Å². The number of halogens is 1.